The van der Waals surface area contributed by atoms with Gasteiger partial charge in [0.2, 0.25) is 0 Å². The lowest BCUT2D eigenvalue weighted by molar-refractivity contribution is 0.0210. The van der Waals surface area contributed by atoms with Gasteiger partial charge >= 0.3 is 0 Å². The average molecular weight is 310 g/mol. The number of methoxy groups -OCH3 is 1. The minimum atomic E-state index is 0.219. The molecule has 2 atom stereocenters. The van der Waals surface area contributed by atoms with Crippen molar-refractivity contribution in [3.8, 4) is 5.75 Å². The molecule has 21 heavy (non-hydrogen) atoms. The lowest BCUT2D eigenvalue weighted by Gasteiger charge is -2.29. The minimum Gasteiger partial charge on any atom is -0.489 e. The molecular formula is C17H24ClNO2. The normalized spacial score (nSPS) is 25.8. The van der Waals surface area contributed by atoms with Gasteiger partial charge in [-0.2, -0.15) is 0 Å². The summed E-state index contributed by atoms with van der Waals surface area (Å²) in [5.74, 6) is 0.800. The molecule has 0 aromatic heterocycles. The Morgan fingerprint density at radius 1 is 1.19 bits per heavy atom. The summed E-state index contributed by atoms with van der Waals surface area (Å²) in [5, 5.41) is 4.21. The quantitative estimate of drug-likeness (QED) is 0.863. The predicted octanol–water partition coefficient (Wildman–Crippen LogP) is 3.93. The second-order valence-electron chi connectivity index (χ2n) is 6.18. The van der Waals surface area contributed by atoms with Gasteiger partial charge < -0.3 is 14.8 Å². The Morgan fingerprint density at radius 3 is 2.71 bits per heavy atom. The molecule has 116 valence electrons. The standard InChI is InChI=1S/C17H24ClNO2/c1-20-14-3-2-4-15(10-14)21-17-8-5-12(9-16(17)18)11-19-13-6-7-13/h5,8-9,13-15,19H,2-4,6-7,10-11H2,1H3. The van der Waals surface area contributed by atoms with Crippen molar-refractivity contribution in [3.63, 3.8) is 0 Å². The highest BCUT2D eigenvalue weighted by Crippen LogP contribution is 2.31. The third-order valence-electron chi connectivity index (χ3n) is 4.37. The van der Waals surface area contributed by atoms with Crippen molar-refractivity contribution in [1.29, 1.82) is 0 Å². The van der Waals surface area contributed by atoms with E-state index in [-0.39, 0.29) is 6.10 Å². The first-order valence-electron chi connectivity index (χ1n) is 7.96. The molecule has 1 N–H and O–H groups in total. The number of nitrogens with one attached hydrogen (secondary N) is 1. The Bertz CT molecular complexity index is 476. The Labute approximate surface area is 132 Å². The molecule has 0 amide bonds. The zero-order chi connectivity index (χ0) is 14.7. The SMILES string of the molecule is COC1CCCC(Oc2ccc(CNC3CC3)cc2Cl)C1. The maximum absolute atomic E-state index is 6.37. The maximum Gasteiger partial charge on any atom is 0.138 e. The van der Waals surface area contributed by atoms with Crippen LogP contribution in [0.15, 0.2) is 18.2 Å². The summed E-state index contributed by atoms with van der Waals surface area (Å²) in [5.41, 5.74) is 1.22. The zero-order valence-corrected chi connectivity index (χ0v) is 13.4. The van der Waals surface area contributed by atoms with Crippen molar-refractivity contribution >= 4 is 11.6 Å². The summed E-state index contributed by atoms with van der Waals surface area (Å²) in [6.45, 7) is 0.889. The summed E-state index contributed by atoms with van der Waals surface area (Å²) < 4.78 is 11.5. The molecule has 0 saturated heterocycles. The van der Waals surface area contributed by atoms with Gasteiger partial charge in [-0.3, -0.25) is 0 Å². The highest BCUT2D eigenvalue weighted by atomic mass is 35.5. The van der Waals surface area contributed by atoms with Crippen molar-refractivity contribution in [3.05, 3.63) is 28.8 Å². The van der Waals surface area contributed by atoms with Crippen LogP contribution in [0.4, 0.5) is 0 Å². The van der Waals surface area contributed by atoms with Crippen LogP contribution in [0.1, 0.15) is 44.1 Å². The highest BCUT2D eigenvalue weighted by Gasteiger charge is 2.24. The van der Waals surface area contributed by atoms with Crippen LogP contribution in [-0.2, 0) is 11.3 Å². The monoisotopic (exact) mass is 309 g/mol. The van der Waals surface area contributed by atoms with E-state index in [1.807, 2.05) is 12.1 Å². The van der Waals surface area contributed by atoms with Gasteiger partial charge in [-0.05, 0) is 49.8 Å². The van der Waals surface area contributed by atoms with Gasteiger partial charge in [-0.1, -0.05) is 17.7 Å². The van der Waals surface area contributed by atoms with Gasteiger partial charge in [0.25, 0.3) is 0 Å². The van der Waals surface area contributed by atoms with Crippen molar-refractivity contribution in [2.75, 3.05) is 7.11 Å². The van der Waals surface area contributed by atoms with Gasteiger partial charge in [0.05, 0.1) is 11.1 Å². The van der Waals surface area contributed by atoms with Gasteiger partial charge in [0.15, 0.2) is 0 Å². The van der Waals surface area contributed by atoms with Crippen LogP contribution in [0.5, 0.6) is 5.75 Å². The Morgan fingerprint density at radius 2 is 2.00 bits per heavy atom. The molecule has 1 aromatic rings. The Hall–Kier alpha value is -0.770. The number of hydrogen-bond donors (Lipinski definition) is 1. The Balaban J connectivity index is 1.56. The number of ether oxygens (including phenoxy) is 2. The predicted molar refractivity (Wildman–Crippen MR) is 85.0 cm³/mol. The second kappa shape index (κ2) is 6.99. The number of rotatable bonds is 6. The molecule has 0 heterocycles. The zero-order valence-electron chi connectivity index (χ0n) is 12.6. The summed E-state index contributed by atoms with van der Waals surface area (Å²) in [4.78, 5) is 0. The molecule has 0 aliphatic heterocycles. The maximum atomic E-state index is 6.37. The van der Waals surface area contributed by atoms with Crippen LogP contribution in [0.2, 0.25) is 5.02 Å². The fourth-order valence-electron chi connectivity index (χ4n) is 2.90. The van der Waals surface area contributed by atoms with Crippen LogP contribution in [0.25, 0.3) is 0 Å². The first-order chi connectivity index (χ1) is 10.2. The van der Waals surface area contributed by atoms with Gasteiger partial charge in [-0.25, -0.2) is 0 Å². The van der Waals surface area contributed by atoms with Crippen LogP contribution < -0.4 is 10.1 Å². The molecule has 2 aliphatic carbocycles. The minimum absolute atomic E-state index is 0.219. The van der Waals surface area contributed by atoms with E-state index in [4.69, 9.17) is 21.1 Å². The largest absolute Gasteiger partial charge is 0.489 e. The van der Waals surface area contributed by atoms with Gasteiger partial charge in [0.1, 0.15) is 11.9 Å². The number of halogens is 1. The molecule has 4 heteroatoms. The molecule has 2 aliphatic rings. The molecule has 3 rings (SSSR count). The van der Waals surface area contributed by atoms with E-state index >= 15 is 0 Å². The van der Waals surface area contributed by atoms with E-state index in [1.54, 1.807) is 7.11 Å². The summed E-state index contributed by atoms with van der Waals surface area (Å²) in [6.07, 6.45) is 7.48. The molecule has 1 aromatic carbocycles. The smallest absolute Gasteiger partial charge is 0.138 e. The number of benzene rings is 1. The molecule has 0 bridgehead atoms. The van der Waals surface area contributed by atoms with Gasteiger partial charge in [0, 0.05) is 26.1 Å². The van der Waals surface area contributed by atoms with E-state index in [9.17, 15) is 0 Å². The first-order valence-corrected chi connectivity index (χ1v) is 8.33. The second-order valence-corrected chi connectivity index (χ2v) is 6.59. The molecule has 0 spiro atoms. The molecule has 2 fully saturated rings. The average Bonchev–Trinajstić information content (AvgIpc) is 3.32. The van der Waals surface area contributed by atoms with E-state index in [2.05, 4.69) is 11.4 Å². The molecule has 2 unspecified atom stereocenters. The molecule has 2 saturated carbocycles. The molecule has 3 nitrogen and oxygen atoms in total. The third kappa shape index (κ3) is 4.35. The van der Waals surface area contributed by atoms with Crippen molar-refractivity contribution < 1.29 is 9.47 Å². The van der Waals surface area contributed by atoms with Crippen molar-refractivity contribution in [2.45, 2.75) is 63.3 Å². The highest BCUT2D eigenvalue weighted by molar-refractivity contribution is 6.32. The van der Waals surface area contributed by atoms with E-state index in [0.717, 1.165) is 38.0 Å². The van der Waals surface area contributed by atoms with Crippen LogP contribution in [0.3, 0.4) is 0 Å². The number of hydrogen-bond acceptors (Lipinski definition) is 3. The van der Waals surface area contributed by atoms with Crippen LogP contribution >= 0.6 is 11.6 Å². The fourth-order valence-corrected chi connectivity index (χ4v) is 3.15. The van der Waals surface area contributed by atoms with E-state index < -0.39 is 0 Å². The lowest BCUT2D eigenvalue weighted by atomic mass is 9.95. The topological polar surface area (TPSA) is 30.5 Å². The van der Waals surface area contributed by atoms with Crippen LogP contribution in [-0.4, -0.2) is 25.4 Å². The Kier molecular flexibility index (Phi) is 5.04. The van der Waals surface area contributed by atoms with Crippen molar-refractivity contribution in [2.24, 2.45) is 0 Å². The summed E-state index contributed by atoms with van der Waals surface area (Å²) >= 11 is 6.37. The summed E-state index contributed by atoms with van der Waals surface area (Å²) in [6, 6.07) is 6.84. The van der Waals surface area contributed by atoms with Crippen LogP contribution in [0, 0.1) is 0 Å². The third-order valence-corrected chi connectivity index (χ3v) is 4.67. The molecular weight excluding hydrogens is 286 g/mol. The van der Waals surface area contributed by atoms with E-state index in [1.165, 1.54) is 18.4 Å². The first kappa shape index (κ1) is 15.1. The van der Waals surface area contributed by atoms with Gasteiger partial charge in [-0.15, -0.1) is 0 Å². The van der Waals surface area contributed by atoms with Crippen molar-refractivity contribution in [1.82, 2.24) is 5.32 Å². The van der Waals surface area contributed by atoms with E-state index in [0.29, 0.717) is 17.2 Å². The summed E-state index contributed by atoms with van der Waals surface area (Å²) in [7, 11) is 1.78. The fraction of sp³-hybridized carbons (Fsp3) is 0.647. The molecule has 0 radical (unpaired) electrons. The lowest BCUT2D eigenvalue weighted by Crippen LogP contribution is -2.29.